The average Bonchev–Trinajstić information content (AvgIpc) is 3.47. The van der Waals surface area contributed by atoms with Crippen LogP contribution in [0.3, 0.4) is 0 Å². The van der Waals surface area contributed by atoms with Crippen molar-refractivity contribution in [2.75, 3.05) is 29.3 Å². The first-order chi connectivity index (χ1) is 15.8. The van der Waals surface area contributed by atoms with Gasteiger partial charge in [0.05, 0.1) is 9.92 Å². The lowest BCUT2D eigenvalue weighted by Gasteiger charge is -2.19. The minimum atomic E-state index is -3.71. The van der Waals surface area contributed by atoms with Crippen LogP contribution in [0.25, 0.3) is 0 Å². The first kappa shape index (κ1) is 23.3. The van der Waals surface area contributed by atoms with Crippen LogP contribution in [0.5, 0.6) is 5.75 Å². The van der Waals surface area contributed by atoms with Crippen molar-refractivity contribution >= 4 is 49.7 Å². The Morgan fingerprint density at radius 1 is 1.30 bits per heavy atom. The SMILES string of the molecule is O=C(COc1ccc(F)c(Cl)c1)N[C@H]1CCN(c2ccc(S(=O)(=O)Nc3nccs3)cc2)C1.[HH].[HH].[HH]. The fraction of sp³-hybridized carbons (Fsp3) is 0.238. The van der Waals surface area contributed by atoms with Gasteiger partial charge in [-0.3, -0.25) is 9.52 Å². The van der Waals surface area contributed by atoms with Gasteiger partial charge in [0.15, 0.2) is 11.7 Å². The van der Waals surface area contributed by atoms with E-state index in [1.807, 2.05) is 0 Å². The minimum Gasteiger partial charge on any atom is -0.484 e. The zero-order valence-electron chi connectivity index (χ0n) is 17.2. The van der Waals surface area contributed by atoms with E-state index in [0.29, 0.717) is 24.0 Å². The normalized spacial score (nSPS) is 15.9. The lowest BCUT2D eigenvalue weighted by molar-refractivity contribution is -0.123. The fourth-order valence-corrected chi connectivity index (χ4v) is 5.34. The van der Waals surface area contributed by atoms with E-state index >= 15 is 0 Å². The summed E-state index contributed by atoms with van der Waals surface area (Å²) in [7, 11) is -3.71. The summed E-state index contributed by atoms with van der Waals surface area (Å²) < 4.78 is 45.9. The summed E-state index contributed by atoms with van der Waals surface area (Å²) in [6.45, 7) is 1.08. The maximum atomic E-state index is 13.2. The highest BCUT2D eigenvalue weighted by Crippen LogP contribution is 2.24. The fourth-order valence-electron chi connectivity index (χ4n) is 3.38. The first-order valence-corrected chi connectivity index (χ1v) is 12.7. The number of ether oxygens (including phenoxy) is 1. The number of carbonyl (C=O) groups is 1. The van der Waals surface area contributed by atoms with Gasteiger partial charge in [-0.1, -0.05) is 11.6 Å². The van der Waals surface area contributed by atoms with Crippen LogP contribution >= 0.6 is 22.9 Å². The number of hydrogen-bond acceptors (Lipinski definition) is 7. The monoisotopic (exact) mass is 516 g/mol. The molecule has 1 atom stereocenters. The Morgan fingerprint density at radius 3 is 2.79 bits per heavy atom. The van der Waals surface area contributed by atoms with Crippen molar-refractivity contribution in [2.45, 2.75) is 17.4 Å². The number of rotatable bonds is 8. The molecule has 2 N–H and O–H groups in total. The molecule has 1 aromatic heterocycles. The lowest BCUT2D eigenvalue weighted by Crippen LogP contribution is -2.39. The minimum absolute atomic E-state index is 0. The molecule has 0 unspecified atom stereocenters. The van der Waals surface area contributed by atoms with Gasteiger partial charge in [0.25, 0.3) is 15.9 Å². The zero-order chi connectivity index (χ0) is 23.4. The van der Waals surface area contributed by atoms with Crippen molar-refractivity contribution in [1.29, 1.82) is 0 Å². The van der Waals surface area contributed by atoms with Crippen LogP contribution in [0.1, 0.15) is 10.7 Å². The highest BCUT2D eigenvalue weighted by atomic mass is 35.5. The standard InChI is InChI=1S/C21H20ClFN4O4S2.3H2/c22-18-11-16(3-6-19(18)23)31-13-20(28)25-14-7-9-27(12-14)15-1-4-17(5-2-15)33(29,30)26-21-24-8-10-32-21;;;/h1-6,8,10-11,14H,7,9,12-13H2,(H,24,26)(H,25,28);3*1H/t14-;;;/m0.../s1. The summed E-state index contributed by atoms with van der Waals surface area (Å²) in [6.07, 6.45) is 2.26. The van der Waals surface area contributed by atoms with Crippen molar-refractivity contribution in [3.8, 4) is 5.75 Å². The molecule has 1 amide bonds. The summed E-state index contributed by atoms with van der Waals surface area (Å²) in [5.74, 6) is -0.540. The number of sulfonamides is 1. The maximum absolute atomic E-state index is 13.2. The summed E-state index contributed by atoms with van der Waals surface area (Å²) in [6, 6.07) is 10.4. The molecule has 0 bridgehead atoms. The van der Waals surface area contributed by atoms with Gasteiger partial charge in [0.2, 0.25) is 0 Å². The molecule has 0 spiro atoms. The number of nitrogens with zero attached hydrogens (tertiary/aromatic N) is 2. The van der Waals surface area contributed by atoms with Crippen molar-refractivity contribution in [3.05, 3.63) is 64.9 Å². The smallest absolute Gasteiger partial charge is 0.263 e. The van der Waals surface area contributed by atoms with Crippen molar-refractivity contribution in [3.63, 3.8) is 0 Å². The largest absolute Gasteiger partial charge is 0.484 e. The molecule has 0 aliphatic carbocycles. The van der Waals surface area contributed by atoms with Gasteiger partial charge in [-0.2, -0.15) is 0 Å². The Morgan fingerprint density at radius 2 is 2.09 bits per heavy atom. The quantitative estimate of drug-likeness (QED) is 0.464. The van der Waals surface area contributed by atoms with E-state index in [1.165, 1.54) is 35.7 Å². The number of amides is 1. The number of anilines is 2. The zero-order valence-corrected chi connectivity index (χ0v) is 19.6. The van der Waals surface area contributed by atoms with Crippen LogP contribution < -0.4 is 19.7 Å². The molecule has 0 saturated carbocycles. The summed E-state index contributed by atoms with van der Waals surface area (Å²) in [4.78, 5) is 18.4. The Balaban J connectivity index is 0.00000216. The Kier molecular flexibility index (Phi) is 7.01. The van der Waals surface area contributed by atoms with Gasteiger partial charge < -0.3 is 15.0 Å². The molecule has 12 heteroatoms. The molecule has 3 aromatic rings. The van der Waals surface area contributed by atoms with Crippen LogP contribution in [-0.2, 0) is 14.8 Å². The van der Waals surface area contributed by atoms with Crippen LogP contribution in [0, 0.1) is 5.82 Å². The van der Waals surface area contributed by atoms with Gasteiger partial charge in [0, 0.05) is 46.7 Å². The second-order valence-corrected chi connectivity index (χ2v) is 10.3. The number of hydrogen-bond donors (Lipinski definition) is 2. The first-order valence-electron chi connectivity index (χ1n) is 9.95. The summed E-state index contributed by atoms with van der Waals surface area (Å²) in [5.41, 5.74) is 0.858. The molecule has 2 heterocycles. The number of benzene rings is 2. The predicted molar refractivity (Wildman–Crippen MR) is 131 cm³/mol. The number of thiazole rings is 1. The van der Waals surface area contributed by atoms with Crippen LogP contribution in [0.4, 0.5) is 15.2 Å². The highest BCUT2D eigenvalue weighted by molar-refractivity contribution is 7.93. The molecular formula is C21H26ClFN4O4S2. The van der Waals surface area contributed by atoms with E-state index in [-0.39, 0.29) is 32.8 Å². The molecule has 1 aliphatic heterocycles. The molecule has 2 aromatic carbocycles. The van der Waals surface area contributed by atoms with Crippen LogP contribution in [0.15, 0.2) is 58.9 Å². The molecule has 1 saturated heterocycles. The van der Waals surface area contributed by atoms with Crippen LogP contribution in [0.2, 0.25) is 5.02 Å². The summed E-state index contributed by atoms with van der Waals surface area (Å²) in [5, 5.41) is 4.84. The third-order valence-corrected chi connectivity index (χ3v) is 7.44. The second-order valence-electron chi connectivity index (χ2n) is 7.30. The predicted octanol–water partition coefficient (Wildman–Crippen LogP) is 4.25. The van der Waals surface area contributed by atoms with Crippen molar-refractivity contribution in [1.82, 2.24) is 10.3 Å². The number of aromatic nitrogens is 1. The number of nitrogens with one attached hydrogen (secondary N) is 2. The molecule has 1 aliphatic rings. The van der Waals surface area contributed by atoms with E-state index in [1.54, 1.807) is 29.6 Å². The third-order valence-electron chi connectivity index (χ3n) is 4.98. The molecule has 1 fully saturated rings. The average molecular weight is 517 g/mol. The van der Waals surface area contributed by atoms with Gasteiger partial charge in [-0.05, 0) is 42.8 Å². The molecule has 0 radical (unpaired) electrons. The van der Waals surface area contributed by atoms with Gasteiger partial charge in [-0.25, -0.2) is 17.8 Å². The van der Waals surface area contributed by atoms with E-state index in [9.17, 15) is 17.6 Å². The third kappa shape index (κ3) is 5.92. The van der Waals surface area contributed by atoms with E-state index < -0.39 is 15.8 Å². The lowest BCUT2D eigenvalue weighted by atomic mass is 10.2. The van der Waals surface area contributed by atoms with Crippen molar-refractivity contribution < 1.29 is 26.6 Å². The second kappa shape index (κ2) is 9.94. The van der Waals surface area contributed by atoms with Crippen molar-refractivity contribution in [2.24, 2.45) is 0 Å². The highest BCUT2D eigenvalue weighted by Gasteiger charge is 2.25. The summed E-state index contributed by atoms with van der Waals surface area (Å²) >= 11 is 6.91. The molecule has 8 nitrogen and oxygen atoms in total. The van der Waals surface area contributed by atoms with E-state index in [2.05, 4.69) is 19.9 Å². The number of halogens is 2. The molecular weight excluding hydrogens is 491 g/mol. The molecule has 33 heavy (non-hydrogen) atoms. The Labute approximate surface area is 203 Å². The van der Waals surface area contributed by atoms with Gasteiger partial charge >= 0.3 is 0 Å². The van der Waals surface area contributed by atoms with E-state index in [4.69, 9.17) is 16.3 Å². The number of carbonyl (C=O) groups excluding carboxylic acids is 1. The topological polar surface area (TPSA) is 101 Å². The Hall–Kier alpha value is -2.89. The molecule has 180 valence electrons. The molecule has 4 rings (SSSR count). The maximum Gasteiger partial charge on any atom is 0.263 e. The van der Waals surface area contributed by atoms with Gasteiger partial charge in [-0.15, -0.1) is 11.3 Å². The van der Waals surface area contributed by atoms with E-state index in [0.717, 1.165) is 12.1 Å². The Bertz CT molecular complexity index is 1240. The van der Waals surface area contributed by atoms with Gasteiger partial charge in [0.1, 0.15) is 11.6 Å². The van der Waals surface area contributed by atoms with Crippen LogP contribution in [-0.4, -0.2) is 45.0 Å².